The van der Waals surface area contributed by atoms with Gasteiger partial charge in [-0.05, 0) is 37.9 Å². The lowest BCUT2D eigenvalue weighted by atomic mass is 10.0. The zero-order chi connectivity index (χ0) is 15.1. The first-order chi connectivity index (χ1) is 10.2. The highest BCUT2D eigenvalue weighted by Gasteiger charge is 2.21. The topological polar surface area (TPSA) is 70.2 Å². The molecule has 1 fully saturated rings. The Morgan fingerprint density at radius 3 is 2.81 bits per heavy atom. The van der Waals surface area contributed by atoms with Crippen molar-refractivity contribution in [1.82, 2.24) is 10.6 Å². The molecule has 114 valence electrons. The Morgan fingerprint density at radius 2 is 2.10 bits per heavy atom. The molecule has 3 N–H and O–H groups in total. The van der Waals surface area contributed by atoms with Crippen molar-refractivity contribution in [2.75, 3.05) is 18.4 Å². The van der Waals surface area contributed by atoms with Crippen molar-refractivity contribution in [2.45, 2.75) is 38.6 Å². The minimum absolute atomic E-state index is 0.0644. The molecule has 0 bridgehead atoms. The second-order valence-corrected chi connectivity index (χ2v) is 5.29. The number of amides is 2. The lowest BCUT2D eigenvalue weighted by molar-refractivity contribution is -0.118. The average molecular weight is 289 g/mol. The molecule has 1 saturated heterocycles. The zero-order valence-corrected chi connectivity index (χ0v) is 12.4. The van der Waals surface area contributed by atoms with Gasteiger partial charge in [-0.15, -0.1) is 0 Å². The number of carbonyl (C=O) groups excluding carboxylic acids is 2. The summed E-state index contributed by atoms with van der Waals surface area (Å²) in [7, 11) is 0. The van der Waals surface area contributed by atoms with E-state index in [9.17, 15) is 9.59 Å². The van der Waals surface area contributed by atoms with Gasteiger partial charge in [0.2, 0.25) is 5.91 Å². The lowest BCUT2D eigenvalue weighted by Crippen LogP contribution is -2.43. The van der Waals surface area contributed by atoms with Gasteiger partial charge in [-0.1, -0.05) is 25.5 Å². The summed E-state index contributed by atoms with van der Waals surface area (Å²) in [5.41, 5.74) is 1.08. The molecule has 0 aromatic heterocycles. The maximum Gasteiger partial charge on any atom is 0.253 e. The van der Waals surface area contributed by atoms with Gasteiger partial charge in [-0.2, -0.15) is 0 Å². The van der Waals surface area contributed by atoms with Gasteiger partial charge in [0.05, 0.1) is 17.3 Å². The number of carbonyl (C=O) groups is 2. The number of rotatable bonds is 5. The molecule has 0 unspecified atom stereocenters. The predicted molar refractivity (Wildman–Crippen MR) is 83.3 cm³/mol. The fourth-order valence-corrected chi connectivity index (χ4v) is 2.42. The van der Waals surface area contributed by atoms with Gasteiger partial charge in [-0.25, -0.2) is 0 Å². The highest BCUT2D eigenvalue weighted by Crippen LogP contribution is 2.16. The van der Waals surface area contributed by atoms with E-state index >= 15 is 0 Å². The van der Waals surface area contributed by atoms with Gasteiger partial charge in [0.1, 0.15) is 0 Å². The standard InChI is InChI=1S/C16H23N3O2/c1-2-10-18-15(20)12-7-3-4-8-13(12)19-16(21)14-9-5-6-11-17-14/h3-4,7-8,14,17H,2,5-6,9-11H2,1H3,(H,18,20)(H,19,21)/t14-/m0/s1. The van der Waals surface area contributed by atoms with Crippen LogP contribution in [0.5, 0.6) is 0 Å². The number of benzene rings is 1. The van der Waals surface area contributed by atoms with E-state index in [1.165, 1.54) is 0 Å². The average Bonchev–Trinajstić information content (AvgIpc) is 2.54. The Balaban J connectivity index is 2.05. The van der Waals surface area contributed by atoms with Crippen molar-refractivity contribution in [1.29, 1.82) is 0 Å². The number of hydrogen-bond acceptors (Lipinski definition) is 3. The molecule has 2 amide bonds. The van der Waals surface area contributed by atoms with Crippen LogP contribution in [0.1, 0.15) is 43.0 Å². The molecular formula is C16H23N3O2. The molecule has 1 aromatic carbocycles. The Hall–Kier alpha value is -1.88. The third kappa shape index (κ3) is 4.29. The summed E-state index contributed by atoms with van der Waals surface area (Å²) in [5, 5.41) is 8.92. The van der Waals surface area contributed by atoms with E-state index < -0.39 is 0 Å². The van der Waals surface area contributed by atoms with Crippen LogP contribution in [-0.2, 0) is 4.79 Å². The van der Waals surface area contributed by atoms with Crippen LogP contribution in [0.2, 0.25) is 0 Å². The summed E-state index contributed by atoms with van der Waals surface area (Å²) in [6.45, 7) is 3.50. The maximum absolute atomic E-state index is 12.3. The second-order valence-electron chi connectivity index (χ2n) is 5.29. The molecule has 1 atom stereocenters. The first-order valence-corrected chi connectivity index (χ1v) is 7.64. The monoisotopic (exact) mass is 289 g/mol. The normalized spacial score (nSPS) is 18.0. The largest absolute Gasteiger partial charge is 0.352 e. The molecule has 5 heteroatoms. The van der Waals surface area contributed by atoms with Gasteiger partial charge >= 0.3 is 0 Å². The van der Waals surface area contributed by atoms with Crippen LogP contribution in [0, 0.1) is 0 Å². The summed E-state index contributed by atoms with van der Waals surface area (Å²) in [6, 6.07) is 6.96. The van der Waals surface area contributed by atoms with Crippen LogP contribution in [0.3, 0.4) is 0 Å². The van der Waals surface area contributed by atoms with Crippen molar-refractivity contribution in [2.24, 2.45) is 0 Å². The van der Waals surface area contributed by atoms with Crippen LogP contribution in [-0.4, -0.2) is 30.9 Å². The molecule has 1 heterocycles. The van der Waals surface area contributed by atoms with Gasteiger partial charge in [-0.3, -0.25) is 9.59 Å². The number of hydrogen-bond donors (Lipinski definition) is 3. The van der Waals surface area contributed by atoms with E-state index in [4.69, 9.17) is 0 Å². The molecule has 2 rings (SSSR count). The summed E-state index contributed by atoms with van der Waals surface area (Å²) < 4.78 is 0. The molecule has 0 saturated carbocycles. The van der Waals surface area contributed by atoms with Gasteiger partial charge < -0.3 is 16.0 Å². The van der Waals surface area contributed by atoms with E-state index in [-0.39, 0.29) is 17.9 Å². The second kappa shape index (κ2) is 7.78. The fraction of sp³-hybridized carbons (Fsp3) is 0.500. The SMILES string of the molecule is CCCNC(=O)c1ccccc1NC(=O)[C@@H]1CCCCN1. The van der Waals surface area contributed by atoms with E-state index in [0.29, 0.717) is 17.8 Å². The predicted octanol–water partition coefficient (Wildman–Crippen LogP) is 1.91. The third-order valence-corrected chi connectivity index (χ3v) is 3.59. The Labute approximate surface area is 125 Å². The van der Waals surface area contributed by atoms with Crippen LogP contribution in [0.25, 0.3) is 0 Å². The highest BCUT2D eigenvalue weighted by molar-refractivity contribution is 6.04. The van der Waals surface area contributed by atoms with Crippen molar-refractivity contribution < 1.29 is 9.59 Å². The highest BCUT2D eigenvalue weighted by atomic mass is 16.2. The van der Waals surface area contributed by atoms with Crippen LogP contribution in [0.15, 0.2) is 24.3 Å². The smallest absolute Gasteiger partial charge is 0.253 e. The van der Waals surface area contributed by atoms with Crippen LogP contribution in [0.4, 0.5) is 5.69 Å². The van der Waals surface area contributed by atoms with Gasteiger partial charge in [0, 0.05) is 6.54 Å². The number of nitrogens with one attached hydrogen (secondary N) is 3. The summed E-state index contributed by atoms with van der Waals surface area (Å²) in [5.74, 6) is -0.213. The first-order valence-electron chi connectivity index (χ1n) is 7.64. The minimum atomic E-state index is -0.162. The maximum atomic E-state index is 12.3. The van der Waals surface area contributed by atoms with E-state index in [1.807, 2.05) is 13.0 Å². The molecule has 0 radical (unpaired) electrons. The number of para-hydroxylation sites is 1. The molecule has 21 heavy (non-hydrogen) atoms. The van der Waals surface area contributed by atoms with Crippen LogP contribution >= 0.6 is 0 Å². The lowest BCUT2D eigenvalue weighted by Gasteiger charge is -2.23. The number of piperidine rings is 1. The molecule has 1 aliphatic heterocycles. The van der Waals surface area contributed by atoms with E-state index in [0.717, 1.165) is 32.2 Å². The molecule has 0 aliphatic carbocycles. The van der Waals surface area contributed by atoms with Crippen molar-refractivity contribution in [3.05, 3.63) is 29.8 Å². The minimum Gasteiger partial charge on any atom is -0.352 e. The van der Waals surface area contributed by atoms with Crippen molar-refractivity contribution in [3.8, 4) is 0 Å². The Morgan fingerprint density at radius 1 is 1.29 bits per heavy atom. The molecule has 0 spiro atoms. The van der Waals surface area contributed by atoms with E-state index in [1.54, 1.807) is 18.2 Å². The zero-order valence-electron chi connectivity index (χ0n) is 12.4. The summed E-state index contributed by atoms with van der Waals surface area (Å²) in [6.07, 6.45) is 3.89. The quantitative estimate of drug-likeness (QED) is 0.775. The molecular weight excluding hydrogens is 266 g/mol. The summed E-state index contributed by atoms with van der Waals surface area (Å²) in [4.78, 5) is 24.4. The van der Waals surface area contributed by atoms with E-state index in [2.05, 4.69) is 16.0 Å². The van der Waals surface area contributed by atoms with Gasteiger partial charge in [0.25, 0.3) is 5.91 Å². The molecule has 1 aromatic rings. The Bertz CT molecular complexity index is 496. The number of anilines is 1. The van der Waals surface area contributed by atoms with Crippen molar-refractivity contribution >= 4 is 17.5 Å². The summed E-state index contributed by atoms with van der Waals surface area (Å²) >= 11 is 0. The van der Waals surface area contributed by atoms with Crippen molar-refractivity contribution in [3.63, 3.8) is 0 Å². The first kappa shape index (κ1) is 15.5. The molecule has 1 aliphatic rings. The molecule has 5 nitrogen and oxygen atoms in total. The van der Waals surface area contributed by atoms with Crippen LogP contribution < -0.4 is 16.0 Å². The van der Waals surface area contributed by atoms with Gasteiger partial charge in [0.15, 0.2) is 0 Å². The Kier molecular flexibility index (Phi) is 5.75. The third-order valence-electron chi connectivity index (χ3n) is 3.59. The fourth-order valence-electron chi connectivity index (χ4n) is 2.42.